The van der Waals surface area contributed by atoms with Gasteiger partial charge in [-0.15, -0.1) is 12.4 Å². The maximum absolute atomic E-state index is 12.4. The number of nitrogens with zero attached hydrogens (tertiary/aromatic N) is 1. The molecular weight excluding hydrogens is 400 g/mol. The van der Waals surface area contributed by atoms with E-state index < -0.39 is 9.84 Å². The maximum atomic E-state index is 12.4. The number of nitrogens with one attached hydrogen (secondary N) is 1. The zero-order chi connectivity index (χ0) is 19.4. The molecule has 6 nitrogen and oxygen atoms in total. The Bertz CT molecular complexity index is 890. The average molecular weight is 429 g/mol. The van der Waals surface area contributed by atoms with E-state index in [4.69, 9.17) is 9.47 Å². The number of halogens is 1. The number of aromatic amines is 1. The molecule has 1 aromatic carbocycles. The highest BCUT2D eigenvalue weighted by Crippen LogP contribution is 2.40. The number of aromatic nitrogens is 1. The Morgan fingerprint density at radius 1 is 1.07 bits per heavy atom. The van der Waals surface area contributed by atoms with Crippen LogP contribution in [0, 0.1) is 0 Å². The van der Waals surface area contributed by atoms with Crippen LogP contribution in [-0.4, -0.2) is 51.4 Å². The van der Waals surface area contributed by atoms with Crippen molar-refractivity contribution in [1.29, 1.82) is 0 Å². The third-order valence-corrected chi connectivity index (χ3v) is 6.78. The maximum Gasteiger partial charge on any atom is 0.178 e. The van der Waals surface area contributed by atoms with Crippen LogP contribution in [-0.2, 0) is 16.4 Å². The number of H-pyrrole nitrogens is 1. The lowest BCUT2D eigenvalue weighted by Gasteiger charge is -2.25. The van der Waals surface area contributed by atoms with Gasteiger partial charge in [-0.1, -0.05) is 13.3 Å². The molecule has 3 rings (SSSR count). The van der Waals surface area contributed by atoms with Gasteiger partial charge < -0.3 is 14.5 Å². The molecule has 0 radical (unpaired) electrons. The number of methoxy groups -OCH3 is 2. The van der Waals surface area contributed by atoms with E-state index in [1.165, 1.54) is 32.4 Å². The molecule has 1 aliphatic rings. The number of ether oxygens (including phenoxy) is 2. The minimum Gasteiger partial charge on any atom is -0.493 e. The molecule has 0 saturated carbocycles. The third-order valence-electron chi connectivity index (χ3n) is 5.07. The molecule has 1 saturated heterocycles. The topological polar surface area (TPSA) is 71.6 Å². The predicted molar refractivity (Wildman–Crippen MR) is 113 cm³/mol. The summed E-state index contributed by atoms with van der Waals surface area (Å²) in [6.07, 6.45) is 3.80. The molecule has 0 unspecified atom stereocenters. The second-order valence-corrected chi connectivity index (χ2v) is 9.12. The summed E-state index contributed by atoms with van der Waals surface area (Å²) in [5.74, 6) is 0.973. The van der Waals surface area contributed by atoms with Crippen molar-refractivity contribution in [2.75, 3.05) is 33.1 Å². The molecule has 2 heterocycles. The molecule has 28 heavy (non-hydrogen) atoms. The van der Waals surface area contributed by atoms with Gasteiger partial charge in [0.15, 0.2) is 21.3 Å². The van der Waals surface area contributed by atoms with E-state index in [0.717, 1.165) is 31.0 Å². The van der Waals surface area contributed by atoms with Crippen LogP contribution in [0.2, 0.25) is 0 Å². The summed E-state index contributed by atoms with van der Waals surface area (Å²) in [4.78, 5) is 6.11. The van der Waals surface area contributed by atoms with E-state index in [-0.39, 0.29) is 23.1 Å². The van der Waals surface area contributed by atoms with Crippen molar-refractivity contribution in [2.24, 2.45) is 0 Å². The Hall–Kier alpha value is -1.70. The zero-order valence-corrected chi connectivity index (χ0v) is 18.3. The Morgan fingerprint density at radius 2 is 1.79 bits per heavy atom. The van der Waals surface area contributed by atoms with Gasteiger partial charge in [0.2, 0.25) is 0 Å². The number of likely N-dealkylation sites (tertiary alicyclic amines) is 1. The molecule has 2 aromatic rings. The van der Waals surface area contributed by atoms with Gasteiger partial charge in [-0.25, -0.2) is 8.42 Å². The van der Waals surface area contributed by atoms with Gasteiger partial charge in [0.05, 0.1) is 24.9 Å². The number of rotatable bonds is 7. The molecule has 0 bridgehead atoms. The Kier molecular flexibility index (Phi) is 7.80. The van der Waals surface area contributed by atoms with Gasteiger partial charge in [0.25, 0.3) is 0 Å². The number of benzene rings is 1. The Labute approximate surface area is 173 Å². The van der Waals surface area contributed by atoms with Crippen molar-refractivity contribution in [3.05, 3.63) is 30.0 Å². The molecule has 8 heteroatoms. The van der Waals surface area contributed by atoms with Gasteiger partial charge >= 0.3 is 0 Å². The molecule has 0 aliphatic carbocycles. The van der Waals surface area contributed by atoms with Crippen LogP contribution in [0.1, 0.15) is 31.9 Å². The quantitative estimate of drug-likeness (QED) is 0.724. The predicted octanol–water partition coefficient (Wildman–Crippen LogP) is 3.90. The third kappa shape index (κ3) is 4.82. The Balaban J connectivity index is 0.00000280. The summed E-state index contributed by atoms with van der Waals surface area (Å²) in [6.45, 7) is 4.74. The largest absolute Gasteiger partial charge is 0.493 e. The van der Waals surface area contributed by atoms with Gasteiger partial charge in [0, 0.05) is 29.6 Å². The summed E-state index contributed by atoms with van der Waals surface area (Å²) in [5.41, 5.74) is 2.62. The van der Waals surface area contributed by atoms with Crippen molar-refractivity contribution < 1.29 is 17.9 Å². The zero-order valence-electron chi connectivity index (χ0n) is 16.7. The highest BCUT2D eigenvalue weighted by atomic mass is 35.5. The van der Waals surface area contributed by atoms with Crippen molar-refractivity contribution >= 4 is 22.2 Å². The van der Waals surface area contributed by atoms with E-state index in [9.17, 15) is 8.42 Å². The summed E-state index contributed by atoms with van der Waals surface area (Å²) in [6, 6.07) is 7.21. The number of hydrogen-bond donors (Lipinski definition) is 1. The SMILES string of the molecule is CCS(=O)(=O)c1cc(OC)c(OC)c(-c2ccc(CN3CCCCC3)[nH]2)c1.Cl. The summed E-state index contributed by atoms with van der Waals surface area (Å²) < 4.78 is 35.7. The second-order valence-electron chi connectivity index (χ2n) is 6.84. The molecular formula is C20H29ClN2O4S. The van der Waals surface area contributed by atoms with Crippen molar-refractivity contribution in [3.8, 4) is 22.8 Å². The fourth-order valence-electron chi connectivity index (χ4n) is 3.53. The smallest absolute Gasteiger partial charge is 0.178 e. The molecule has 1 aromatic heterocycles. The van der Waals surface area contributed by atoms with Crippen LogP contribution in [0.3, 0.4) is 0 Å². The lowest BCUT2D eigenvalue weighted by Crippen LogP contribution is -2.29. The summed E-state index contributed by atoms with van der Waals surface area (Å²) in [5, 5.41) is 0. The van der Waals surface area contributed by atoms with E-state index >= 15 is 0 Å². The van der Waals surface area contributed by atoms with Crippen LogP contribution < -0.4 is 9.47 Å². The van der Waals surface area contributed by atoms with Crippen LogP contribution in [0.5, 0.6) is 11.5 Å². The normalized spacial score (nSPS) is 15.1. The van der Waals surface area contributed by atoms with Gasteiger partial charge in [-0.2, -0.15) is 0 Å². The molecule has 1 aliphatic heterocycles. The molecule has 0 spiro atoms. The number of hydrogen-bond acceptors (Lipinski definition) is 5. The van der Waals surface area contributed by atoms with Gasteiger partial charge in [0.1, 0.15) is 0 Å². The van der Waals surface area contributed by atoms with E-state index in [2.05, 4.69) is 16.0 Å². The van der Waals surface area contributed by atoms with E-state index in [1.54, 1.807) is 20.1 Å². The molecule has 0 amide bonds. The van der Waals surface area contributed by atoms with Crippen molar-refractivity contribution in [3.63, 3.8) is 0 Å². The molecule has 0 atom stereocenters. The first-order chi connectivity index (χ1) is 13.0. The van der Waals surface area contributed by atoms with Crippen LogP contribution in [0.15, 0.2) is 29.2 Å². The molecule has 156 valence electrons. The molecule has 1 fully saturated rings. The minimum absolute atomic E-state index is 0. The highest BCUT2D eigenvalue weighted by Gasteiger charge is 2.21. The molecule has 1 N–H and O–H groups in total. The highest BCUT2D eigenvalue weighted by molar-refractivity contribution is 7.91. The summed E-state index contributed by atoms with van der Waals surface area (Å²) in [7, 11) is -0.283. The first-order valence-electron chi connectivity index (χ1n) is 9.38. The fourth-order valence-corrected chi connectivity index (χ4v) is 4.45. The lowest BCUT2D eigenvalue weighted by molar-refractivity contribution is 0.219. The van der Waals surface area contributed by atoms with Crippen molar-refractivity contribution in [2.45, 2.75) is 37.6 Å². The van der Waals surface area contributed by atoms with Crippen LogP contribution in [0.25, 0.3) is 11.3 Å². The standard InChI is InChI=1S/C20H28N2O4S.ClH/c1-4-27(23,24)16-12-17(20(26-3)19(13-16)25-2)18-9-8-15(21-18)14-22-10-6-5-7-11-22;/h8-9,12-13,21H,4-7,10-11,14H2,1-3H3;1H. The van der Waals surface area contributed by atoms with Crippen LogP contribution >= 0.6 is 12.4 Å². The number of sulfone groups is 1. The van der Waals surface area contributed by atoms with E-state index in [1.807, 2.05) is 6.07 Å². The van der Waals surface area contributed by atoms with E-state index in [0.29, 0.717) is 17.1 Å². The lowest BCUT2D eigenvalue weighted by atomic mass is 10.1. The number of piperidine rings is 1. The first-order valence-corrected chi connectivity index (χ1v) is 11.0. The monoisotopic (exact) mass is 428 g/mol. The summed E-state index contributed by atoms with van der Waals surface area (Å²) >= 11 is 0. The fraction of sp³-hybridized carbons (Fsp3) is 0.500. The first kappa shape index (κ1) is 22.6. The Morgan fingerprint density at radius 3 is 2.39 bits per heavy atom. The van der Waals surface area contributed by atoms with Crippen molar-refractivity contribution in [1.82, 2.24) is 9.88 Å². The van der Waals surface area contributed by atoms with Crippen LogP contribution in [0.4, 0.5) is 0 Å². The minimum atomic E-state index is -3.36. The van der Waals surface area contributed by atoms with Gasteiger partial charge in [-0.3, -0.25) is 4.90 Å². The average Bonchev–Trinajstić information content (AvgIpc) is 3.15. The van der Waals surface area contributed by atoms with Gasteiger partial charge in [-0.05, 0) is 44.1 Å². The second kappa shape index (κ2) is 9.67.